The van der Waals surface area contributed by atoms with Gasteiger partial charge in [0.25, 0.3) is 5.91 Å². The van der Waals surface area contributed by atoms with Crippen molar-refractivity contribution >= 4 is 16.9 Å². The number of amides is 1. The van der Waals surface area contributed by atoms with Gasteiger partial charge < -0.3 is 19.0 Å². The van der Waals surface area contributed by atoms with Crippen LogP contribution in [-0.2, 0) is 10.3 Å². The third kappa shape index (κ3) is 2.35. The number of nitrogens with zero attached hydrogens (tertiary/aromatic N) is 2. The molecule has 0 unspecified atom stereocenters. The summed E-state index contributed by atoms with van der Waals surface area (Å²) in [6, 6.07) is 4.22. The molecule has 1 aromatic carbocycles. The second-order valence-electron chi connectivity index (χ2n) is 5.66. The summed E-state index contributed by atoms with van der Waals surface area (Å²) >= 11 is 0. The Bertz CT molecular complexity index is 869. The molecule has 0 aliphatic carbocycles. The molecule has 7 nitrogen and oxygen atoms in total. The first-order valence-electron chi connectivity index (χ1n) is 7.52. The molecule has 0 atom stereocenters. The summed E-state index contributed by atoms with van der Waals surface area (Å²) in [6.07, 6.45) is 3.63. The number of furan rings is 1. The quantitative estimate of drug-likeness (QED) is 0.792. The molecule has 24 heavy (non-hydrogen) atoms. The van der Waals surface area contributed by atoms with E-state index < -0.39 is 11.4 Å². The third-order valence-corrected chi connectivity index (χ3v) is 4.30. The average Bonchev–Trinajstić information content (AvgIpc) is 3.28. The number of ether oxygens (including phenoxy) is 1. The molecule has 0 bridgehead atoms. The summed E-state index contributed by atoms with van der Waals surface area (Å²) in [4.78, 5) is 16.9. The number of rotatable bonds is 3. The van der Waals surface area contributed by atoms with Crippen LogP contribution >= 0.6 is 0 Å². The van der Waals surface area contributed by atoms with E-state index in [0.717, 1.165) is 0 Å². The van der Waals surface area contributed by atoms with Gasteiger partial charge in [0.2, 0.25) is 6.39 Å². The van der Waals surface area contributed by atoms with Crippen molar-refractivity contribution in [2.75, 3.05) is 13.2 Å². The zero-order chi connectivity index (χ0) is 16.6. The molecular weight excluding hydrogens is 317 g/mol. The van der Waals surface area contributed by atoms with Crippen molar-refractivity contribution in [3.8, 4) is 0 Å². The van der Waals surface area contributed by atoms with Gasteiger partial charge in [0, 0.05) is 31.4 Å². The maximum absolute atomic E-state index is 13.7. The van der Waals surface area contributed by atoms with Crippen LogP contribution in [0.5, 0.6) is 0 Å². The van der Waals surface area contributed by atoms with Crippen LogP contribution in [0.2, 0.25) is 0 Å². The zero-order valence-electron chi connectivity index (χ0n) is 12.6. The summed E-state index contributed by atoms with van der Waals surface area (Å²) in [5.41, 5.74) is -0.384. The lowest BCUT2D eigenvalue weighted by atomic mass is 9.88. The predicted octanol–water partition coefficient (Wildman–Crippen LogP) is 2.39. The van der Waals surface area contributed by atoms with E-state index in [-0.39, 0.29) is 11.5 Å². The Hall–Kier alpha value is -2.74. The van der Waals surface area contributed by atoms with Gasteiger partial charge in [-0.15, -0.1) is 0 Å². The number of hydrogen-bond donors (Lipinski definition) is 1. The van der Waals surface area contributed by atoms with Gasteiger partial charge in [-0.3, -0.25) is 4.79 Å². The van der Waals surface area contributed by atoms with Crippen molar-refractivity contribution in [2.24, 2.45) is 0 Å². The first-order chi connectivity index (χ1) is 11.7. The number of carbonyl (C=O) groups is 1. The van der Waals surface area contributed by atoms with Gasteiger partial charge in [0.15, 0.2) is 17.2 Å². The number of benzene rings is 1. The summed E-state index contributed by atoms with van der Waals surface area (Å²) < 4.78 is 29.1. The zero-order valence-corrected chi connectivity index (χ0v) is 12.6. The molecule has 1 fully saturated rings. The molecule has 0 saturated carbocycles. The molecule has 3 heterocycles. The summed E-state index contributed by atoms with van der Waals surface area (Å²) in [5.74, 6) is -0.455. The highest BCUT2D eigenvalue weighted by atomic mass is 19.1. The van der Waals surface area contributed by atoms with Gasteiger partial charge in [-0.1, -0.05) is 5.16 Å². The monoisotopic (exact) mass is 331 g/mol. The van der Waals surface area contributed by atoms with Crippen LogP contribution in [-0.4, -0.2) is 29.3 Å². The van der Waals surface area contributed by atoms with E-state index in [1.807, 2.05) is 0 Å². The molecule has 1 N–H and O–H groups in total. The van der Waals surface area contributed by atoms with Crippen molar-refractivity contribution in [1.29, 1.82) is 0 Å². The third-order valence-electron chi connectivity index (χ3n) is 4.30. The predicted molar refractivity (Wildman–Crippen MR) is 79.7 cm³/mol. The molecule has 8 heteroatoms. The number of fused-ring (bicyclic) bond motifs is 1. The van der Waals surface area contributed by atoms with Crippen LogP contribution in [0.4, 0.5) is 4.39 Å². The number of aromatic nitrogens is 2. The molecule has 0 radical (unpaired) electrons. The normalized spacial score (nSPS) is 17.0. The molecule has 1 saturated heterocycles. The maximum Gasteiger partial charge on any atom is 0.252 e. The number of hydrogen-bond acceptors (Lipinski definition) is 6. The van der Waals surface area contributed by atoms with Gasteiger partial charge in [-0.25, -0.2) is 4.39 Å². The lowest BCUT2D eigenvalue weighted by molar-refractivity contribution is 0.0306. The minimum atomic E-state index is -0.771. The fraction of sp³-hybridized carbons (Fsp3) is 0.312. The Morgan fingerprint density at radius 2 is 2.08 bits per heavy atom. The van der Waals surface area contributed by atoms with Crippen LogP contribution in [0.1, 0.15) is 29.0 Å². The summed E-state index contributed by atoms with van der Waals surface area (Å²) in [7, 11) is 0. The molecule has 0 spiro atoms. The molecule has 1 aliphatic rings. The molecule has 2 aromatic heterocycles. The molecule has 1 amide bonds. The van der Waals surface area contributed by atoms with E-state index in [9.17, 15) is 9.18 Å². The highest BCUT2D eigenvalue weighted by Crippen LogP contribution is 2.31. The van der Waals surface area contributed by atoms with Gasteiger partial charge in [-0.2, -0.15) is 4.98 Å². The SMILES string of the molecule is O=C(NC1(c2ncon2)CCOCC1)c1ccc(F)c2occc12. The van der Waals surface area contributed by atoms with Crippen LogP contribution in [0, 0.1) is 5.82 Å². The maximum atomic E-state index is 13.7. The Balaban J connectivity index is 1.71. The lowest BCUT2D eigenvalue weighted by Crippen LogP contribution is -2.50. The first kappa shape index (κ1) is 14.8. The topological polar surface area (TPSA) is 90.4 Å². The Morgan fingerprint density at radius 3 is 2.83 bits per heavy atom. The molecule has 3 aromatic rings. The summed E-state index contributed by atoms with van der Waals surface area (Å²) in [6.45, 7) is 0.943. The van der Waals surface area contributed by atoms with Gasteiger partial charge in [0.1, 0.15) is 5.54 Å². The molecule has 4 rings (SSSR count). The number of nitrogens with one attached hydrogen (secondary N) is 1. The van der Waals surface area contributed by atoms with Crippen LogP contribution in [0.15, 0.2) is 39.8 Å². The van der Waals surface area contributed by atoms with Gasteiger partial charge >= 0.3 is 0 Å². The second-order valence-corrected chi connectivity index (χ2v) is 5.66. The standard InChI is InChI=1S/C16H14FN3O4/c17-12-2-1-11(10-3-6-23-13(10)12)14(21)19-16(4-7-22-8-5-16)15-18-9-24-20-15/h1-3,6,9H,4-5,7-8H2,(H,19,21). The fourth-order valence-electron chi connectivity index (χ4n) is 3.02. The van der Waals surface area contributed by atoms with Crippen LogP contribution in [0.3, 0.4) is 0 Å². The number of carbonyl (C=O) groups excluding carboxylic acids is 1. The molecule has 1 aliphatic heterocycles. The first-order valence-corrected chi connectivity index (χ1v) is 7.52. The highest BCUT2D eigenvalue weighted by Gasteiger charge is 2.40. The Labute approximate surface area is 135 Å². The summed E-state index contributed by atoms with van der Waals surface area (Å²) in [5, 5.41) is 7.29. The largest absolute Gasteiger partial charge is 0.461 e. The average molecular weight is 331 g/mol. The fourth-order valence-corrected chi connectivity index (χ4v) is 3.02. The van der Waals surface area contributed by atoms with E-state index in [1.165, 1.54) is 24.8 Å². The van der Waals surface area contributed by atoms with E-state index in [2.05, 4.69) is 15.5 Å². The van der Waals surface area contributed by atoms with E-state index in [1.54, 1.807) is 6.07 Å². The van der Waals surface area contributed by atoms with Crippen LogP contribution in [0.25, 0.3) is 11.0 Å². The van der Waals surface area contributed by atoms with Crippen molar-refractivity contribution in [1.82, 2.24) is 15.5 Å². The molecule has 124 valence electrons. The smallest absolute Gasteiger partial charge is 0.252 e. The van der Waals surface area contributed by atoms with Crippen molar-refractivity contribution in [2.45, 2.75) is 18.4 Å². The Kier molecular flexibility index (Phi) is 3.53. The Morgan fingerprint density at radius 1 is 1.25 bits per heavy atom. The highest BCUT2D eigenvalue weighted by molar-refractivity contribution is 6.06. The lowest BCUT2D eigenvalue weighted by Gasteiger charge is -2.35. The minimum Gasteiger partial charge on any atom is -0.461 e. The second kappa shape index (κ2) is 5.72. The van der Waals surface area contributed by atoms with E-state index in [4.69, 9.17) is 13.7 Å². The van der Waals surface area contributed by atoms with Gasteiger partial charge in [-0.05, 0) is 18.2 Å². The van der Waals surface area contributed by atoms with E-state index in [0.29, 0.717) is 42.8 Å². The minimum absolute atomic E-state index is 0.0586. The molecular formula is C16H14FN3O4. The van der Waals surface area contributed by atoms with Crippen molar-refractivity contribution in [3.63, 3.8) is 0 Å². The van der Waals surface area contributed by atoms with Crippen LogP contribution < -0.4 is 5.32 Å². The van der Waals surface area contributed by atoms with Crippen molar-refractivity contribution < 1.29 is 22.9 Å². The van der Waals surface area contributed by atoms with E-state index >= 15 is 0 Å². The van der Waals surface area contributed by atoms with Crippen molar-refractivity contribution in [3.05, 3.63) is 48.1 Å². The van der Waals surface area contributed by atoms with Gasteiger partial charge in [0.05, 0.1) is 11.8 Å². The number of halogens is 1.